The van der Waals surface area contributed by atoms with Gasteiger partial charge >= 0.3 is 5.97 Å². The van der Waals surface area contributed by atoms with E-state index in [-0.39, 0.29) is 57.2 Å². The van der Waals surface area contributed by atoms with Crippen molar-refractivity contribution in [3.63, 3.8) is 0 Å². The number of guanidine groups is 1. The number of aliphatic hydroxyl groups excluding tert-OH is 2. The Kier molecular flexibility index (Phi) is 18.4. The third kappa shape index (κ3) is 13.8. The fraction of sp³-hybridized carbons (Fsp3) is 0.743. The molecular weight excluding hydrogens is 750 g/mol. The first-order valence-electron chi connectivity index (χ1n) is 19.4. The van der Waals surface area contributed by atoms with Crippen LogP contribution in [0.1, 0.15) is 71.6 Å². The topological polar surface area (TPSA) is 340 Å². The van der Waals surface area contributed by atoms with Gasteiger partial charge in [0.1, 0.15) is 42.8 Å². The van der Waals surface area contributed by atoms with Gasteiger partial charge in [0.2, 0.25) is 41.4 Å². The van der Waals surface area contributed by atoms with Crippen molar-refractivity contribution in [2.45, 2.75) is 114 Å². The molecule has 0 saturated carbocycles. The summed E-state index contributed by atoms with van der Waals surface area (Å²) >= 11 is 0. The van der Waals surface area contributed by atoms with Crippen molar-refractivity contribution in [3.8, 4) is 0 Å². The highest BCUT2D eigenvalue weighted by Gasteiger charge is 2.41. The Morgan fingerprint density at radius 3 is 1.84 bits per heavy atom. The first-order valence-corrected chi connectivity index (χ1v) is 19.4. The Labute approximate surface area is 330 Å². The highest BCUT2D eigenvalue weighted by molar-refractivity contribution is 5.98. The van der Waals surface area contributed by atoms with Crippen molar-refractivity contribution in [1.29, 1.82) is 0 Å². The molecule has 0 aromatic rings. The van der Waals surface area contributed by atoms with Gasteiger partial charge in [0, 0.05) is 19.6 Å². The molecule has 22 heteroatoms. The molecule has 3 saturated heterocycles. The van der Waals surface area contributed by atoms with Crippen LogP contribution >= 0.6 is 0 Å². The number of aliphatic imine (C=N–C) groups is 1. The maximum Gasteiger partial charge on any atom is 0.322 e. The zero-order valence-electron chi connectivity index (χ0n) is 32.5. The molecule has 0 bridgehead atoms. The first-order chi connectivity index (χ1) is 27.1. The van der Waals surface area contributed by atoms with Crippen LogP contribution in [-0.4, -0.2) is 167 Å². The summed E-state index contributed by atoms with van der Waals surface area (Å²) in [7, 11) is 0. The monoisotopic (exact) mass is 809 g/mol. The number of rotatable bonds is 21. The van der Waals surface area contributed by atoms with Gasteiger partial charge in [0.05, 0.1) is 19.3 Å². The molecule has 57 heavy (non-hydrogen) atoms. The van der Waals surface area contributed by atoms with E-state index in [1.807, 2.05) is 13.8 Å². The zero-order chi connectivity index (χ0) is 42.2. The number of carbonyl (C=O) groups excluding carboxylic acids is 7. The molecule has 320 valence electrons. The predicted octanol–water partition coefficient (Wildman–Crippen LogP) is -5.06. The number of carboxylic acids is 1. The highest BCUT2D eigenvalue weighted by atomic mass is 16.4. The van der Waals surface area contributed by atoms with E-state index < -0.39 is 109 Å². The lowest BCUT2D eigenvalue weighted by molar-refractivity contribution is -0.143. The molecule has 3 aliphatic rings. The van der Waals surface area contributed by atoms with Crippen molar-refractivity contribution >= 4 is 53.3 Å². The molecule has 3 rings (SSSR count). The Bertz CT molecular complexity index is 1490. The highest BCUT2D eigenvalue weighted by Crippen LogP contribution is 2.22. The van der Waals surface area contributed by atoms with E-state index in [1.54, 1.807) is 0 Å². The van der Waals surface area contributed by atoms with Crippen molar-refractivity contribution in [2.75, 3.05) is 45.9 Å². The number of carboxylic acid groups (broad SMARTS) is 1. The summed E-state index contributed by atoms with van der Waals surface area (Å²) in [5.41, 5.74) is 10.9. The number of hydrogen-bond acceptors (Lipinski definition) is 12. The Balaban J connectivity index is 1.73. The van der Waals surface area contributed by atoms with Crippen LogP contribution in [0.2, 0.25) is 0 Å². The van der Waals surface area contributed by atoms with E-state index >= 15 is 0 Å². The van der Waals surface area contributed by atoms with Gasteiger partial charge in [-0.3, -0.25) is 43.3 Å². The lowest BCUT2D eigenvalue weighted by Crippen LogP contribution is -2.60. The number of aliphatic carboxylic acids is 1. The Morgan fingerprint density at radius 2 is 1.30 bits per heavy atom. The summed E-state index contributed by atoms with van der Waals surface area (Å²) in [6.45, 7) is 2.48. The minimum absolute atomic E-state index is 0.0392. The lowest BCUT2D eigenvalue weighted by atomic mass is 10.0. The van der Waals surface area contributed by atoms with Crippen molar-refractivity contribution in [2.24, 2.45) is 22.4 Å². The molecule has 3 fully saturated rings. The molecule has 22 nitrogen and oxygen atoms in total. The normalized spacial score (nSPS) is 21.2. The van der Waals surface area contributed by atoms with Gasteiger partial charge in [-0.15, -0.1) is 0 Å². The van der Waals surface area contributed by atoms with Gasteiger partial charge in [-0.1, -0.05) is 13.8 Å². The second-order valence-corrected chi connectivity index (χ2v) is 14.8. The summed E-state index contributed by atoms with van der Waals surface area (Å²) in [6, 6.07) is -7.87. The second kappa shape index (κ2) is 22.6. The van der Waals surface area contributed by atoms with Crippen LogP contribution in [0.3, 0.4) is 0 Å². The minimum atomic E-state index is -1.58. The number of nitrogens with zero attached hydrogens (tertiary/aromatic N) is 3. The van der Waals surface area contributed by atoms with E-state index in [1.165, 1.54) is 9.80 Å². The van der Waals surface area contributed by atoms with Gasteiger partial charge in [-0.05, 0) is 70.3 Å². The molecule has 7 unspecified atom stereocenters. The van der Waals surface area contributed by atoms with Crippen LogP contribution in [0.4, 0.5) is 0 Å². The number of likely N-dealkylation sites (tertiary alicyclic amines) is 2. The number of carbonyl (C=O) groups is 8. The molecule has 0 aromatic heterocycles. The lowest BCUT2D eigenvalue weighted by Gasteiger charge is -2.31. The number of aliphatic hydroxyl groups is 2. The quantitative estimate of drug-likeness (QED) is 0.0294. The summed E-state index contributed by atoms with van der Waals surface area (Å²) < 4.78 is 0. The molecular formula is C35H59N11O11. The summed E-state index contributed by atoms with van der Waals surface area (Å²) in [5.74, 6) is -6.40. The number of amides is 7. The van der Waals surface area contributed by atoms with E-state index in [9.17, 15) is 48.6 Å². The fourth-order valence-corrected chi connectivity index (χ4v) is 7.13. The zero-order valence-corrected chi connectivity index (χ0v) is 32.5. The van der Waals surface area contributed by atoms with E-state index in [0.29, 0.717) is 32.2 Å². The maximum absolute atomic E-state index is 13.8. The standard InChI is InChI=1S/C35H59N11O11/c1-19(2)15-22(33(56)45-13-5-9-25(45)31(54)40-16-27(49)50)42-29(52)21(8-4-12-39-35(36)37)41-30(53)23(17-47)43-32(55)26-10-6-14-46(26)34(57)24(18-48)44-28(51)20-7-3-11-38-20/h19-26,38,47-48H,3-18H2,1-2H3,(H,40,54)(H,41,53)(H,42,52)(H,43,55)(H,44,51)(H,49,50)(H4,36,37,39). The number of nitrogens with one attached hydrogen (secondary N) is 6. The summed E-state index contributed by atoms with van der Waals surface area (Å²) in [5, 5.41) is 44.6. The molecule has 7 atom stereocenters. The molecule has 13 N–H and O–H groups in total. The molecule has 0 spiro atoms. The Morgan fingerprint density at radius 1 is 0.737 bits per heavy atom. The summed E-state index contributed by atoms with van der Waals surface area (Å²) in [4.78, 5) is 111. The molecule has 0 radical (unpaired) electrons. The van der Waals surface area contributed by atoms with Crippen LogP contribution in [0.25, 0.3) is 0 Å². The van der Waals surface area contributed by atoms with Gasteiger partial charge in [0.15, 0.2) is 5.96 Å². The fourth-order valence-electron chi connectivity index (χ4n) is 7.13. The molecule has 3 heterocycles. The number of nitrogens with two attached hydrogens (primary N) is 2. The molecule has 0 aromatic carbocycles. The summed E-state index contributed by atoms with van der Waals surface area (Å²) in [6.07, 6.45) is 3.04. The molecule has 0 aliphatic carbocycles. The second-order valence-electron chi connectivity index (χ2n) is 14.8. The van der Waals surface area contributed by atoms with Gasteiger partial charge in [0.25, 0.3) is 0 Å². The SMILES string of the molecule is CC(C)CC(NC(=O)C(CCCN=C(N)N)NC(=O)C(CO)NC(=O)C1CCCN1C(=O)C(CO)NC(=O)C1CCCN1)C(=O)N1CCCC1C(=O)NCC(=O)O. The van der Waals surface area contributed by atoms with E-state index in [4.69, 9.17) is 16.6 Å². The van der Waals surface area contributed by atoms with Crippen LogP contribution in [-0.2, 0) is 38.4 Å². The Hall–Kier alpha value is -5.09. The van der Waals surface area contributed by atoms with Crippen molar-refractivity contribution < 1.29 is 53.7 Å². The average Bonchev–Trinajstić information content (AvgIpc) is 3.98. The van der Waals surface area contributed by atoms with Gasteiger partial charge in [-0.25, -0.2) is 0 Å². The van der Waals surface area contributed by atoms with Crippen LogP contribution in [0, 0.1) is 5.92 Å². The third-order valence-electron chi connectivity index (χ3n) is 9.98. The smallest absolute Gasteiger partial charge is 0.322 e. The van der Waals surface area contributed by atoms with E-state index in [2.05, 4.69) is 36.9 Å². The predicted molar refractivity (Wildman–Crippen MR) is 202 cm³/mol. The molecule has 3 aliphatic heterocycles. The van der Waals surface area contributed by atoms with E-state index in [0.717, 1.165) is 6.42 Å². The van der Waals surface area contributed by atoms with Crippen LogP contribution < -0.4 is 43.4 Å². The van der Waals surface area contributed by atoms with Crippen molar-refractivity contribution in [3.05, 3.63) is 0 Å². The first kappa shape index (κ1) is 46.3. The van der Waals surface area contributed by atoms with Gasteiger partial charge < -0.3 is 68.5 Å². The van der Waals surface area contributed by atoms with Crippen LogP contribution in [0.5, 0.6) is 0 Å². The van der Waals surface area contributed by atoms with Gasteiger partial charge in [-0.2, -0.15) is 0 Å². The number of hydrogen-bond donors (Lipinski definition) is 11. The maximum atomic E-state index is 13.8. The largest absolute Gasteiger partial charge is 0.480 e. The average molecular weight is 810 g/mol. The minimum Gasteiger partial charge on any atom is -0.480 e. The molecule has 7 amide bonds. The van der Waals surface area contributed by atoms with Crippen LogP contribution in [0.15, 0.2) is 4.99 Å². The third-order valence-corrected chi connectivity index (χ3v) is 9.98. The van der Waals surface area contributed by atoms with Crippen molar-refractivity contribution in [1.82, 2.24) is 41.7 Å².